The van der Waals surface area contributed by atoms with Crippen LogP contribution in [0.15, 0.2) is 11.6 Å². The maximum Gasteiger partial charge on any atom is 0.129 e. The Labute approximate surface area is 95.0 Å². The molecule has 1 atom stereocenters. The van der Waals surface area contributed by atoms with Crippen LogP contribution in [0.5, 0.6) is 0 Å². The first kappa shape index (κ1) is 14.4. The molecule has 0 aliphatic rings. The Balaban J connectivity index is 3.49. The van der Waals surface area contributed by atoms with E-state index in [0.717, 1.165) is 18.8 Å². The van der Waals surface area contributed by atoms with E-state index in [-0.39, 0.29) is 0 Å². The van der Waals surface area contributed by atoms with Crippen LogP contribution in [0, 0.1) is 5.92 Å². The van der Waals surface area contributed by atoms with Gasteiger partial charge < -0.3 is 4.79 Å². The summed E-state index contributed by atoms with van der Waals surface area (Å²) in [7, 11) is 0. The quantitative estimate of drug-likeness (QED) is 0.538. The summed E-state index contributed by atoms with van der Waals surface area (Å²) in [6.07, 6.45) is 8.98. The third-order valence-corrected chi connectivity index (χ3v) is 2.94. The van der Waals surface area contributed by atoms with Crippen LogP contribution < -0.4 is 0 Å². The van der Waals surface area contributed by atoms with Crippen molar-refractivity contribution in [1.29, 1.82) is 0 Å². The number of hydrogen-bond donors (Lipinski definition) is 0. The van der Waals surface area contributed by atoms with E-state index in [2.05, 4.69) is 26.8 Å². The minimum absolute atomic E-state index is 0.323. The molecule has 0 spiro atoms. The number of Topliss-reactive ketones (excluding diaryl/α,β-unsaturated/α-hetero) is 1. The predicted molar refractivity (Wildman–Crippen MR) is 67.0 cm³/mol. The Morgan fingerprint density at radius 2 is 1.93 bits per heavy atom. The monoisotopic (exact) mass is 210 g/mol. The minimum Gasteiger partial charge on any atom is -0.300 e. The fourth-order valence-electron chi connectivity index (χ4n) is 1.60. The standard InChI is InChI=1S/C14H26O/c1-5-12(2)8-6-9-13(3)10-7-11-14(4)15/h8,13H,5-7,9-11H2,1-4H3. The lowest BCUT2D eigenvalue weighted by molar-refractivity contribution is -0.117. The Morgan fingerprint density at radius 1 is 1.27 bits per heavy atom. The summed E-state index contributed by atoms with van der Waals surface area (Å²) in [5.41, 5.74) is 1.49. The summed E-state index contributed by atoms with van der Waals surface area (Å²) < 4.78 is 0. The van der Waals surface area contributed by atoms with Crippen LogP contribution in [-0.4, -0.2) is 5.78 Å². The van der Waals surface area contributed by atoms with Crippen LogP contribution in [0.4, 0.5) is 0 Å². The molecule has 0 rings (SSSR count). The first-order valence-electron chi connectivity index (χ1n) is 6.21. The van der Waals surface area contributed by atoms with Gasteiger partial charge in [-0.05, 0) is 45.4 Å². The second-order valence-corrected chi connectivity index (χ2v) is 4.68. The number of carbonyl (C=O) groups is 1. The molecule has 88 valence electrons. The number of hydrogen-bond acceptors (Lipinski definition) is 1. The molecule has 1 heteroatoms. The van der Waals surface area contributed by atoms with Gasteiger partial charge in [0.15, 0.2) is 0 Å². The fraction of sp³-hybridized carbons (Fsp3) is 0.786. The minimum atomic E-state index is 0.323. The molecule has 0 N–H and O–H groups in total. The molecule has 0 saturated heterocycles. The van der Waals surface area contributed by atoms with Crippen LogP contribution in [-0.2, 0) is 4.79 Å². The normalized spacial score (nSPS) is 14.0. The van der Waals surface area contributed by atoms with Crippen molar-refractivity contribution in [3.05, 3.63) is 11.6 Å². The first-order chi connectivity index (χ1) is 7.06. The van der Waals surface area contributed by atoms with Gasteiger partial charge in [-0.25, -0.2) is 0 Å². The number of ketones is 1. The van der Waals surface area contributed by atoms with Gasteiger partial charge in [-0.3, -0.25) is 0 Å². The highest BCUT2D eigenvalue weighted by molar-refractivity contribution is 5.75. The molecule has 0 aromatic carbocycles. The lowest BCUT2D eigenvalue weighted by atomic mass is 9.97. The molecule has 0 aliphatic heterocycles. The van der Waals surface area contributed by atoms with Gasteiger partial charge in [0.1, 0.15) is 5.78 Å². The van der Waals surface area contributed by atoms with E-state index >= 15 is 0 Å². The van der Waals surface area contributed by atoms with E-state index in [1.165, 1.54) is 31.3 Å². The molecule has 15 heavy (non-hydrogen) atoms. The molecule has 0 fully saturated rings. The molecule has 0 radical (unpaired) electrons. The van der Waals surface area contributed by atoms with Crippen LogP contribution in [0.1, 0.15) is 66.2 Å². The smallest absolute Gasteiger partial charge is 0.129 e. The molecule has 0 saturated carbocycles. The highest BCUT2D eigenvalue weighted by Gasteiger charge is 2.02. The van der Waals surface area contributed by atoms with E-state index < -0.39 is 0 Å². The molecular weight excluding hydrogens is 184 g/mol. The number of carbonyl (C=O) groups excluding carboxylic acids is 1. The van der Waals surface area contributed by atoms with E-state index in [0.29, 0.717) is 5.78 Å². The molecule has 0 aromatic heterocycles. The van der Waals surface area contributed by atoms with Crippen molar-refractivity contribution < 1.29 is 4.79 Å². The molecule has 0 amide bonds. The van der Waals surface area contributed by atoms with E-state index in [1.807, 2.05) is 0 Å². The summed E-state index contributed by atoms with van der Waals surface area (Å²) in [6, 6.07) is 0. The van der Waals surface area contributed by atoms with E-state index in [9.17, 15) is 4.79 Å². The van der Waals surface area contributed by atoms with E-state index in [1.54, 1.807) is 6.92 Å². The van der Waals surface area contributed by atoms with Gasteiger partial charge in [-0.1, -0.05) is 31.9 Å². The van der Waals surface area contributed by atoms with Gasteiger partial charge >= 0.3 is 0 Å². The van der Waals surface area contributed by atoms with Gasteiger partial charge in [-0.15, -0.1) is 0 Å². The average Bonchev–Trinajstić information content (AvgIpc) is 2.17. The average molecular weight is 210 g/mol. The van der Waals surface area contributed by atoms with Gasteiger partial charge in [0.25, 0.3) is 0 Å². The molecule has 0 bridgehead atoms. The Morgan fingerprint density at radius 3 is 2.47 bits per heavy atom. The Kier molecular flexibility index (Phi) is 8.35. The largest absolute Gasteiger partial charge is 0.300 e. The SMILES string of the molecule is CCC(C)=CCCC(C)CCCC(C)=O. The van der Waals surface area contributed by atoms with Crippen molar-refractivity contribution in [2.24, 2.45) is 5.92 Å². The van der Waals surface area contributed by atoms with Crippen LogP contribution >= 0.6 is 0 Å². The maximum atomic E-state index is 10.8. The van der Waals surface area contributed by atoms with Crippen LogP contribution in [0.25, 0.3) is 0 Å². The Bertz CT molecular complexity index is 203. The summed E-state index contributed by atoms with van der Waals surface area (Å²) in [5, 5.41) is 0. The number of rotatable bonds is 8. The molecule has 1 nitrogen and oxygen atoms in total. The molecule has 0 aliphatic carbocycles. The fourth-order valence-corrected chi connectivity index (χ4v) is 1.60. The lowest BCUT2D eigenvalue weighted by Crippen LogP contribution is -1.97. The van der Waals surface area contributed by atoms with Crippen molar-refractivity contribution in [1.82, 2.24) is 0 Å². The predicted octanol–water partition coefficient (Wildman–Crippen LogP) is 4.52. The third kappa shape index (κ3) is 9.71. The Hall–Kier alpha value is -0.590. The summed E-state index contributed by atoms with van der Waals surface area (Å²) in [4.78, 5) is 10.8. The zero-order valence-corrected chi connectivity index (χ0v) is 10.8. The second kappa shape index (κ2) is 8.70. The molecular formula is C14H26O. The summed E-state index contributed by atoms with van der Waals surface area (Å²) >= 11 is 0. The van der Waals surface area contributed by atoms with Gasteiger partial charge in [-0.2, -0.15) is 0 Å². The van der Waals surface area contributed by atoms with E-state index in [4.69, 9.17) is 0 Å². The lowest BCUT2D eigenvalue weighted by Gasteiger charge is -2.09. The zero-order chi connectivity index (χ0) is 11.7. The zero-order valence-electron chi connectivity index (χ0n) is 10.8. The number of allylic oxidation sites excluding steroid dienone is 2. The topological polar surface area (TPSA) is 17.1 Å². The van der Waals surface area contributed by atoms with Crippen molar-refractivity contribution in [2.45, 2.75) is 66.2 Å². The second-order valence-electron chi connectivity index (χ2n) is 4.68. The van der Waals surface area contributed by atoms with Crippen LogP contribution in [0.3, 0.4) is 0 Å². The molecule has 1 unspecified atom stereocenters. The van der Waals surface area contributed by atoms with Gasteiger partial charge in [0, 0.05) is 6.42 Å². The van der Waals surface area contributed by atoms with Crippen molar-refractivity contribution >= 4 is 5.78 Å². The molecule has 0 aromatic rings. The van der Waals surface area contributed by atoms with Crippen LogP contribution in [0.2, 0.25) is 0 Å². The highest BCUT2D eigenvalue weighted by atomic mass is 16.1. The summed E-state index contributed by atoms with van der Waals surface area (Å²) in [5.74, 6) is 1.08. The van der Waals surface area contributed by atoms with Crippen molar-refractivity contribution in [3.8, 4) is 0 Å². The molecule has 0 heterocycles. The highest BCUT2D eigenvalue weighted by Crippen LogP contribution is 2.15. The van der Waals surface area contributed by atoms with Gasteiger partial charge in [0.05, 0.1) is 0 Å². The summed E-state index contributed by atoms with van der Waals surface area (Å²) in [6.45, 7) is 8.36. The van der Waals surface area contributed by atoms with Crippen molar-refractivity contribution in [2.75, 3.05) is 0 Å². The van der Waals surface area contributed by atoms with Gasteiger partial charge in [0.2, 0.25) is 0 Å². The first-order valence-corrected chi connectivity index (χ1v) is 6.21. The maximum absolute atomic E-state index is 10.8. The third-order valence-electron chi connectivity index (χ3n) is 2.94. The van der Waals surface area contributed by atoms with Crippen molar-refractivity contribution in [3.63, 3.8) is 0 Å².